The second-order valence-corrected chi connectivity index (χ2v) is 19.4. The molecule has 0 aromatic carbocycles. The molecule has 15 nitrogen and oxygen atoms in total. The van der Waals surface area contributed by atoms with Gasteiger partial charge in [0, 0.05) is 68.8 Å². The van der Waals surface area contributed by atoms with E-state index in [0.717, 1.165) is 31.3 Å². The fourth-order valence-corrected chi connectivity index (χ4v) is 8.70. The summed E-state index contributed by atoms with van der Waals surface area (Å²) in [6.07, 6.45) is 18.5. The van der Waals surface area contributed by atoms with E-state index in [0.29, 0.717) is 43.1 Å². The number of nitrogens with one attached hydrogen (secondary N) is 4. The minimum absolute atomic E-state index is 0.00717. The predicted molar refractivity (Wildman–Crippen MR) is 248 cm³/mol. The highest BCUT2D eigenvalue weighted by atomic mass is 35.5. The molecule has 1 aliphatic carbocycles. The lowest BCUT2D eigenvalue weighted by molar-refractivity contribution is -0.151. The van der Waals surface area contributed by atoms with Gasteiger partial charge in [-0.25, -0.2) is 9.59 Å². The van der Waals surface area contributed by atoms with E-state index in [2.05, 4.69) is 21.3 Å². The first-order chi connectivity index (χ1) is 30.3. The van der Waals surface area contributed by atoms with Crippen LogP contribution in [0.15, 0.2) is 71.2 Å². The number of hydrogen-bond acceptors (Lipinski definition) is 11. The van der Waals surface area contributed by atoms with Crippen molar-refractivity contribution in [1.82, 2.24) is 26.2 Å². The van der Waals surface area contributed by atoms with Crippen LogP contribution in [0.5, 0.6) is 0 Å². The molecule has 6 amide bonds. The highest BCUT2D eigenvalue weighted by Gasteiger charge is 2.40. The number of likely N-dealkylation sites (tertiary alicyclic amines) is 1. The maximum absolute atomic E-state index is 13.3. The number of esters is 1. The number of carbonyl (C=O) groups excluding carboxylic acids is 7. The standard InChI is InChI=1S/C47H68ClN5O10S/c1-30(27-31(2)36-22-23-37(61-8)45(59)63-36)13-9-10-15-39(54)52-41(47(4,5)6)43(57)50-24-11-14-35(21-16-32(3)48)62-46(60)51-25-12-26-64-38-28-40(55)53(44(38)58)29-33-17-19-34(20-18-33)42(56)49-7/h9-11,13,15-16,23-24,27,31,33-36,38,41H,12,14,17-22,25-26,28-29H2,1-8H3,(H,49,56)(H,50,57)(H,51,60)(H,52,54)/b13-9-,15-10-,24-11-,30-27+,32-16+/t31-,33?,34?,35+,36-,38?,41?/m0/s1. The van der Waals surface area contributed by atoms with Crippen molar-refractivity contribution in [3.8, 4) is 0 Å². The predicted octanol–water partition coefficient (Wildman–Crippen LogP) is 6.51. The van der Waals surface area contributed by atoms with Gasteiger partial charge in [0.1, 0.15) is 18.2 Å². The molecule has 0 bridgehead atoms. The summed E-state index contributed by atoms with van der Waals surface area (Å²) >= 11 is 7.47. The van der Waals surface area contributed by atoms with Crippen LogP contribution in [-0.2, 0) is 43.0 Å². The molecule has 64 heavy (non-hydrogen) atoms. The first-order valence-corrected chi connectivity index (χ1v) is 23.4. The van der Waals surface area contributed by atoms with Crippen LogP contribution in [0.1, 0.15) is 99.3 Å². The highest BCUT2D eigenvalue weighted by Crippen LogP contribution is 2.33. The van der Waals surface area contributed by atoms with Crippen molar-refractivity contribution in [3.63, 3.8) is 0 Å². The number of cyclic esters (lactones) is 1. The first kappa shape index (κ1) is 53.5. The number of hydrogen-bond donors (Lipinski definition) is 4. The van der Waals surface area contributed by atoms with Gasteiger partial charge in [0.15, 0.2) is 5.76 Å². The van der Waals surface area contributed by atoms with Crippen LogP contribution in [0.25, 0.3) is 0 Å². The first-order valence-electron chi connectivity index (χ1n) is 22.0. The van der Waals surface area contributed by atoms with Gasteiger partial charge in [0.2, 0.25) is 29.5 Å². The third-order valence-electron chi connectivity index (χ3n) is 11.2. The number of nitrogens with zero attached hydrogens (tertiary/aromatic N) is 1. The SMILES string of the molecule is CNC(=O)C1CCC(CN2C(=O)CC(SCCCNC(=O)O[C@H](C/C=C\NC(=O)C(NC(=O)\C=C/C=C\C(C)=C\[C@H](C)[C@@H]3CC=C(OC)C(=O)O3)C(C)(C)C)C/C=C(\C)Cl)C2=O)CC1. The number of carbonyl (C=O) groups is 7. The van der Waals surface area contributed by atoms with Gasteiger partial charge in [-0.1, -0.05) is 81.3 Å². The molecular weight excluding hydrogens is 862 g/mol. The van der Waals surface area contributed by atoms with Crippen LogP contribution in [0.2, 0.25) is 0 Å². The van der Waals surface area contributed by atoms with Gasteiger partial charge in [-0.2, -0.15) is 0 Å². The summed E-state index contributed by atoms with van der Waals surface area (Å²) in [4.78, 5) is 90.0. The summed E-state index contributed by atoms with van der Waals surface area (Å²) < 4.78 is 16.1. The van der Waals surface area contributed by atoms with Gasteiger partial charge in [-0.05, 0) is 75.3 Å². The quantitative estimate of drug-likeness (QED) is 0.0304. The van der Waals surface area contributed by atoms with Gasteiger partial charge < -0.3 is 35.5 Å². The fourth-order valence-electron chi connectivity index (χ4n) is 7.49. The van der Waals surface area contributed by atoms with Crippen LogP contribution in [0, 0.1) is 23.2 Å². The maximum atomic E-state index is 13.3. The summed E-state index contributed by atoms with van der Waals surface area (Å²) in [6.45, 7) is 11.8. The minimum Gasteiger partial charge on any atom is -0.490 e. The lowest BCUT2D eigenvalue weighted by Gasteiger charge is -2.29. The smallest absolute Gasteiger partial charge is 0.407 e. The maximum Gasteiger partial charge on any atom is 0.407 e. The van der Waals surface area contributed by atoms with E-state index >= 15 is 0 Å². The number of amides is 6. The summed E-state index contributed by atoms with van der Waals surface area (Å²) in [5.74, 6) is -0.714. The second kappa shape index (κ2) is 26.8. The molecular formula is C47H68ClN5O10S. The van der Waals surface area contributed by atoms with Crippen molar-refractivity contribution in [2.24, 2.45) is 23.2 Å². The molecule has 0 spiro atoms. The average Bonchev–Trinajstić information content (AvgIpc) is 3.51. The normalized spacial score (nSPS) is 22.5. The number of allylic oxidation sites excluding steroid dienone is 5. The molecule has 3 aliphatic rings. The molecule has 2 fully saturated rings. The van der Waals surface area contributed by atoms with Gasteiger partial charge >= 0.3 is 12.1 Å². The van der Waals surface area contributed by atoms with E-state index in [4.69, 9.17) is 25.8 Å². The number of thioether (sulfide) groups is 1. The number of ether oxygens (including phenoxy) is 3. The Bertz CT molecular complexity index is 1840. The Balaban J connectivity index is 1.41. The number of methoxy groups -OCH3 is 1. The molecule has 17 heteroatoms. The Hall–Kier alpha value is -4.83. The van der Waals surface area contributed by atoms with Gasteiger partial charge in [-0.3, -0.25) is 28.9 Å². The lowest BCUT2D eigenvalue weighted by atomic mass is 9.81. The van der Waals surface area contributed by atoms with Crippen molar-refractivity contribution >= 4 is 65.0 Å². The van der Waals surface area contributed by atoms with E-state index < -0.39 is 46.7 Å². The molecule has 2 unspecified atom stereocenters. The van der Waals surface area contributed by atoms with Gasteiger partial charge in [0.25, 0.3) is 0 Å². The second-order valence-electron chi connectivity index (χ2n) is 17.5. The van der Waals surface area contributed by atoms with E-state index in [1.807, 2.05) is 46.8 Å². The molecule has 2 aliphatic heterocycles. The number of alkyl carbamates (subject to hydrolysis) is 1. The van der Waals surface area contributed by atoms with Crippen molar-refractivity contribution in [2.45, 2.75) is 123 Å². The fraction of sp³-hybridized carbons (Fsp3) is 0.596. The van der Waals surface area contributed by atoms with Crippen molar-refractivity contribution in [3.05, 3.63) is 71.2 Å². The number of imide groups is 1. The Kier molecular flexibility index (Phi) is 22.4. The summed E-state index contributed by atoms with van der Waals surface area (Å²) in [6, 6.07) is -0.872. The highest BCUT2D eigenvalue weighted by molar-refractivity contribution is 8.00. The Morgan fingerprint density at radius 1 is 1.05 bits per heavy atom. The van der Waals surface area contributed by atoms with Crippen molar-refractivity contribution in [2.75, 3.05) is 33.0 Å². The van der Waals surface area contributed by atoms with E-state index in [1.54, 1.807) is 44.4 Å². The zero-order valence-corrected chi connectivity index (χ0v) is 40.1. The molecule has 2 heterocycles. The molecule has 0 aromatic rings. The van der Waals surface area contributed by atoms with Crippen LogP contribution in [-0.4, -0.2) is 103 Å². The molecule has 1 saturated carbocycles. The zero-order chi connectivity index (χ0) is 47.4. The number of halogens is 1. The van der Waals surface area contributed by atoms with E-state index in [-0.39, 0.29) is 60.2 Å². The zero-order valence-electron chi connectivity index (χ0n) is 38.5. The Labute approximate surface area is 387 Å². The van der Waals surface area contributed by atoms with Gasteiger partial charge in [-0.15, -0.1) is 11.8 Å². The molecule has 3 rings (SSSR count). The number of rotatable bonds is 22. The molecule has 354 valence electrons. The van der Waals surface area contributed by atoms with Crippen LogP contribution >= 0.6 is 23.4 Å². The molecule has 0 aromatic heterocycles. The molecule has 1 saturated heterocycles. The van der Waals surface area contributed by atoms with E-state index in [9.17, 15) is 33.6 Å². The van der Waals surface area contributed by atoms with Crippen LogP contribution in [0.3, 0.4) is 0 Å². The monoisotopic (exact) mass is 929 g/mol. The summed E-state index contributed by atoms with van der Waals surface area (Å²) in [5, 5.41) is 11.0. The third-order valence-corrected chi connectivity index (χ3v) is 12.6. The van der Waals surface area contributed by atoms with Crippen LogP contribution < -0.4 is 21.3 Å². The lowest BCUT2D eigenvalue weighted by Crippen LogP contribution is -2.52. The summed E-state index contributed by atoms with van der Waals surface area (Å²) in [5.41, 5.74) is 0.290. The minimum atomic E-state index is -0.872. The molecule has 4 N–H and O–H groups in total. The largest absolute Gasteiger partial charge is 0.490 e. The van der Waals surface area contributed by atoms with E-state index in [1.165, 1.54) is 36.0 Å². The van der Waals surface area contributed by atoms with Crippen molar-refractivity contribution < 1.29 is 47.8 Å². The van der Waals surface area contributed by atoms with Crippen molar-refractivity contribution in [1.29, 1.82) is 0 Å². The van der Waals surface area contributed by atoms with Crippen LogP contribution in [0.4, 0.5) is 4.79 Å². The molecule has 5 atom stereocenters. The topological polar surface area (TPSA) is 199 Å². The van der Waals surface area contributed by atoms with Gasteiger partial charge in [0.05, 0.1) is 12.4 Å². The average molecular weight is 931 g/mol. The third kappa shape index (κ3) is 18.3. The Morgan fingerprint density at radius 3 is 2.39 bits per heavy atom. The Morgan fingerprint density at radius 2 is 1.75 bits per heavy atom. The summed E-state index contributed by atoms with van der Waals surface area (Å²) in [7, 11) is 3.07. The molecule has 0 radical (unpaired) electrons.